The van der Waals surface area contributed by atoms with Crippen LogP contribution >= 0.6 is 0 Å². The molecular weight excluding hydrogens is 480 g/mol. The van der Waals surface area contributed by atoms with Crippen LogP contribution in [-0.4, -0.2) is 50.0 Å². The molecule has 4 aromatic rings. The zero-order chi connectivity index (χ0) is 24.6. The first-order chi connectivity index (χ1) is 16.9. The average Bonchev–Trinajstić information content (AvgIpc) is 3.43. The number of piperazine rings is 1. The zero-order valence-corrected chi connectivity index (χ0v) is 19.9. The van der Waals surface area contributed by atoms with E-state index in [1.54, 1.807) is 42.3 Å². The summed E-state index contributed by atoms with van der Waals surface area (Å²) in [5.41, 5.74) is 0.728. The van der Waals surface area contributed by atoms with Gasteiger partial charge in [0.05, 0.1) is 22.4 Å². The molecule has 36 heavy (non-hydrogen) atoms. The quantitative estimate of drug-likeness (QED) is 0.442. The molecule has 1 amide bonds. The molecule has 0 spiro atoms. The van der Waals surface area contributed by atoms with Crippen LogP contribution in [0.25, 0.3) is 10.9 Å². The second-order valence-electron chi connectivity index (χ2n) is 8.28. The highest BCUT2D eigenvalue weighted by atomic mass is 32.2. The minimum absolute atomic E-state index is 0. The van der Waals surface area contributed by atoms with Crippen molar-refractivity contribution < 1.29 is 17.6 Å². The topological polar surface area (TPSA) is 105 Å². The largest absolute Gasteiger partial charge is 0.459 e. The zero-order valence-electron chi connectivity index (χ0n) is 19.0. The van der Waals surface area contributed by atoms with Gasteiger partial charge < -0.3 is 18.8 Å². The summed E-state index contributed by atoms with van der Waals surface area (Å²) < 4.78 is 35.6. The smallest absolute Gasteiger partial charge is 0.289 e. The van der Waals surface area contributed by atoms with E-state index >= 15 is 0 Å². The van der Waals surface area contributed by atoms with Crippen molar-refractivity contribution in [2.75, 3.05) is 35.8 Å². The number of amides is 1. The minimum Gasteiger partial charge on any atom is -0.459 e. The van der Waals surface area contributed by atoms with Gasteiger partial charge in [-0.15, -0.1) is 0 Å². The summed E-state index contributed by atoms with van der Waals surface area (Å²) in [6.07, 6.45) is 1.46. The highest BCUT2D eigenvalue weighted by Crippen LogP contribution is 2.34. The van der Waals surface area contributed by atoms with Crippen LogP contribution in [0.15, 0.2) is 87.1 Å². The molecule has 1 N–H and O–H groups in total. The van der Waals surface area contributed by atoms with Crippen molar-refractivity contribution in [2.45, 2.75) is 12.3 Å². The molecule has 1 aliphatic heterocycles. The maximum Gasteiger partial charge on any atom is 0.289 e. The van der Waals surface area contributed by atoms with E-state index in [0.29, 0.717) is 37.4 Å². The average molecular weight is 509 g/mol. The van der Waals surface area contributed by atoms with Crippen LogP contribution in [0.3, 0.4) is 0 Å². The summed E-state index contributed by atoms with van der Waals surface area (Å²) in [5.74, 6) is 0.0716. The molecule has 9 nitrogen and oxygen atoms in total. The molecular formula is C26H28N4O5S. The molecule has 5 rings (SSSR count). The van der Waals surface area contributed by atoms with Gasteiger partial charge in [-0.25, -0.2) is 8.42 Å². The number of nitrogens with zero attached hydrogens (tertiary/aromatic N) is 3. The molecule has 0 unspecified atom stereocenters. The highest BCUT2D eigenvalue weighted by molar-refractivity contribution is 7.92. The van der Waals surface area contributed by atoms with Crippen LogP contribution in [-0.2, 0) is 17.1 Å². The number of pyridine rings is 1. The first kappa shape index (κ1) is 25.1. The lowest BCUT2D eigenvalue weighted by Gasteiger charge is -2.37. The van der Waals surface area contributed by atoms with Gasteiger partial charge in [0.15, 0.2) is 5.76 Å². The maximum atomic E-state index is 13.4. The summed E-state index contributed by atoms with van der Waals surface area (Å²) in [6.45, 7) is 1.63. The van der Waals surface area contributed by atoms with E-state index in [9.17, 15) is 18.0 Å². The molecule has 0 aliphatic carbocycles. The number of sulfonamides is 1. The van der Waals surface area contributed by atoms with Crippen LogP contribution in [0, 0.1) is 0 Å². The Hall–Kier alpha value is -4.05. The van der Waals surface area contributed by atoms with E-state index in [1.807, 2.05) is 29.2 Å². The van der Waals surface area contributed by atoms with E-state index in [1.165, 1.54) is 23.0 Å². The molecule has 0 radical (unpaired) electrons. The normalized spacial score (nSPS) is 13.9. The van der Waals surface area contributed by atoms with Gasteiger partial charge in [0.25, 0.3) is 21.5 Å². The van der Waals surface area contributed by atoms with Crippen molar-refractivity contribution in [3.05, 3.63) is 89.1 Å². The Morgan fingerprint density at radius 3 is 2.25 bits per heavy atom. The standard InChI is InChI=1S/C25H24N4O5S.CH4/c1-27-20-11-6-5-10-19(20)23(22(25(27)31)26-35(32,33)18-8-3-2-4-9-18)28-13-15-29(16-14-28)24(30)21-12-7-17-34-21;/h2-12,17,26H,13-16H2,1H3;1H4. The van der Waals surface area contributed by atoms with Crippen molar-refractivity contribution in [2.24, 2.45) is 7.05 Å². The fraction of sp³-hybridized carbons (Fsp3) is 0.231. The number of aromatic nitrogens is 1. The summed E-state index contributed by atoms with van der Waals surface area (Å²) in [7, 11) is -2.38. The van der Waals surface area contributed by atoms with Crippen molar-refractivity contribution in [1.29, 1.82) is 0 Å². The molecule has 0 bridgehead atoms. The highest BCUT2D eigenvalue weighted by Gasteiger charge is 2.29. The van der Waals surface area contributed by atoms with Gasteiger partial charge in [0, 0.05) is 38.6 Å². The van der Waals surface area contributed by atoms with E-state index < -0.39 is 15.6 Å². The molecule has 0 saturated carbocycles. The van der Waals surface area contributed by atoms with E-state index in [2.05, 4.69) is 4.72 Å². The lowest BCUT2D eigenvalue weighted by atomic mass is 10.1. The Balaban J connectivity index is 0.00000304. The van der Waals surface area contributed by atoms with Crippen LogP contribution in [0.2, 0.25) is 0 Å². The Bertz CT molecular complexity index is 1540. The van der Waals surface area contributed by atoms with Gasteiger partial charge in [-0.05, 0) is 30.3 Å². The van der Waals surface area contributed by atoms with Gasteiger partial charge in [0.2, 0.25) is 0 Å². The Morgan fingerprint density at radius 2 is 1.58 bits per heavy atom. The monoisotopic (exact) mass is 508 g/mol. The summed E-state index contributed by atoms with van der Waals surface area (Å²) in [5, 5.41) is 0.742. The molecule has 3 heterocycles. The van der Waals surface area contributed by atoms with Gasteiger partial charge in [-0.2, -0.15) is 0 Å². The fourth-order valence-electron chi connectivity index (χ4n) is 4.38. The van der Waals surface area contributed by atoms with E-state index in [0.717, 1.165) is 5.39 Å². The van der Waals surface area contributed by atoms with Gasteiger partial charge in [0.1, 0.15) is 5.69 Å². The predicted molar refractivity (Wildman–Crippen MR) is 140 cm³/mol. The Kier molecular flexibility index (Phi) is 6.89. The second kappa shape index (κ2) is 9.90. The Labute approximate surface area is 209 Å². The lowest BCUT2D eigenvalue weighted by molar-refractivity contribution is 0.0715. The third kappa shape index (κ3) is 4.47. The van der Waals surface area contributed by atoms with Crippen molar-refractivity contribution in [1.82, 2.24) is 9.47 Å². The number of hydrogen-bond donors (Lipinski definition) is 1. The molecule has 10 heteroatoms. The third-order valence-electron chi connectivity index (χ3n) is 6.18. The van der Waals surface area contributed by atoms with Crippen LogP contribution in [0.4, 0.5) is 11.4 Å². The summed E-state index contributed by atoms with van der Waals surface area (Å²) >= 11 is 0. The number of fused-ring (bicyclic) bond motifs is 1. The molecule has 1 fully saturated rings. The number of nitrogens with one attached hydrogen (secondary N) is 1. The SMILES string of the molecule is C.Cn1c(=O)c(NS(=O)(=O)c2ccccc2)c(N2CCN(C(=O)c3ccco3)CC2)c2ccccc21. The van der Waals surface area contributed by atoms with Crippen molar-refractivity contribution >= 4 is 38.2 Å². The first-order valence-electron chi connectivity index (χ1n) is 11.1. The van der Waals surface area contributed by atoms with Gasteiger partial charge in [-0.1, -0.05) is 43.8 Å². The summed E-state index contributed by atoms with van der Waals surface area (Å²) in [6, 6.07) is 18.6. The van der Waals surface area contributed by atoms with E-state index in [4.69, 9.17) is 4.42 Å². The molecule has 188 valence electrons. The third-order valence-corrected chi connectivity index (χ3v) is 7.55. The minimum atomic E-state index is -4.00. The number of carbonyl (C=O) groups is 1. The number of benzene rings is 2. The number of furan rings is 1. The number of aryl methyl sites for hydroxylation is 1. The second-order valence-corrected chi connectivity index (χ2v) is 9.96. The fourth-order valence-corrected chi connectivity index (χ4v) is 5.47. The molecule has 0 atom stereocenters. The van der Waals surface area contributed by atoms with Crippen molar-refractivity contribution in [3.8, 4) is 0 Å². The van der Waals surface area contributed by atoms with Crippen LogP contribution in [0.5, 0.6) is 0 Å². The predicted octanol–water partition coefficient (Wildman–Crippen LogP) is 3.53. The van der Waals surface area contributed by atoms with Gasteiger partial charge in [-0.3, -0.25) is 14.3 Å². The van der Waals surface area contributed by atoms with E-state index in [-0.39, 0.29) is 29.7 Å². The number of rotatable bonds is 5. The molecule has 2 aromatic heterocycles. The van der Waals surface area contributed by atoms with Crippen LogP contribution in [0.1, 0.15) is 18.0 Å². The van der Waals surface area contributed by atoms with Crippen molar-refractivity contribution in [3.63, 3.8) is 0 Å². The summed E-state index contributed by atoms with van der Waals surface area (Å²) in [4.78, 5) is 29.8. The molecule has 1 saturated heterocycles. The van der Waals surface area contributed by atoms with Gasteiger partial charge >= 0.3 is 0 Å². The number of carbonyl (C=O) groups excluding carboxylic acids is 1. The number of anilines is 2. The lowest BCUT2D eigenvalue weighted by Crippen LogP contribution is -2.49. The Morgan fingerprint density at radius 1 is 0.917 bits per heavy atom. The van der Waals surface area contributed by atoms with Crippen LogP contribution < -0.4 is 15.2 Å². The number of para-hydroxylation sites is 1. The first-order valence-corrected chi connectivity index (χ1v) is 12.6. The molecule has 2 aromatic carbocycles. The number of hydrogen-bond acceptors (Lipinski definition) is 6. The maximum absolute atomic E-state index is 13.4. The molecule has 1 aliphatic rings.